The third-order valence-corrected chi connectivity index (χ3v) is 6.85. The number of hydrogen-bond acceptors (Lipinski definition) is 6. The fraction of sp³-hybridized carbons (Fsp3) is 0.321. The molecule has 3 aromatic rings. The molecule has 2 aliphatic rings. The van der Waals surface area contributed by atoms with Gasteiger partial charge in [0, 0.05) is 5.92 Å². The van der Waals surface area contributed by atoms with E-state index in [9.17, 15) is 4.79 Å². The van der Waals surface area contributed by atoms with Gasteiger partial charge in [-0.15, -0.1) is 0 Å². The number of benzene rings is 3. The zero-order chi connectivity index (χ0) is 23.5. The van der Waals surface area contributed by atoms with Crippen LogP contribution in [0.1, 0.15) is 16.7 Å². The summed E-state index contributed by atoms with van der Waals surface area (Å²) in [6, 6.07) is 22.0. The van der Waals surface area contributed by atoms with Crippen LogP contribution in [-0.2, 0) is 28.8 Å². The van der Waals surface area contributed by atoms with Crippen LogP contribution in [0.5, 0.6) is 23.0 Å². The van der Waals surface area contributed by atoms with Crippen molar-refractivity contribution in [3.8, 4) is 23.0 Å². The van der Waals surface area contributed by atoms with Crippen LogP contribution in [0.3, 0.4) is 0 Å². The Morgan fingerprint density at radius 3 is 2.32 bits per heavy atom. The van der Waals surface area contributed by atoms with Crippen LogP contribution in [0.2, 0.25) is 0 Å². The summed E-state index contributed by atoms with van der Waals surface area (Å²) >= 11 is 0. The zero-order valence-corrected chi connectivity index (χ0v) is 19.4. The summed E-state index contributed by atoms with van der Waals surface area (Å²) in [5, 5.41) is 0. The Hall–Kier alpha value is -3.67. The molecule has 0 N–H and O–H groups in total. The lowest BCUT2D eigenvalue weighted by molar-refractivity contribution is -0.146. The van der Waals surface area contributed by atoms with Crippen molar-refractivity contribution in [3.05, 3.63) is 83.4 Å². The van der Waals surface area contributed by atoms with E-state index in [1.54, 1.807) is 14.2 Å². The van der Waals surface area contributed by atoms with Crippen LogP contribution in [0, 0.1) is 11.3 Å². The molecule has 2 heterocycles. The first-order chi connectivity index (χ1) is 16.6. The Morgan fingerprint density at radius 2 is 1.53 bits per heavy atom. The highest BCUT2D eigenvalue weighted by atomic mass is 16.7. The summed E-state index contributed by atoms with van der Waals surface area (Å²) in [5.74, 6) is 2.64. The van der Waals surface area contributed by atoms with Crippen LogP contribution in [0.15, 0.2) is 66.7 Å². The number of esters is 1. The van der Waals surface area contributed by atoms with E-state index >= 15 is 0 Å². The predicted octanol–water partition coefficient (Wildman–Crippen LogP) is 4.62. The quantitative estimate of drug-likeness (QED) is 0.457. The fourth-order valence-corrected chi connectivity index (χ4v) is 5.06. The number of carbonyl (C=O) groups is 1. The summed E-state index contributed by atoms with van der Waals surface area (Å²) in [4.78, 5) is 13.4. The van der Waals surface area contributed by atoms with Crippen molar-refractivity contribution in [2.75, 3.05) is 27.6 Å². The molecule has 0 amide bonds. The molecule has 0 bridgehead atoms. The van der Waals surface area contributed by atoms with Gasteiger partial charge < -0.3 is 23.7 Å². The van der Waals surface area contributed by atoms with Gasteiger partial charge >= 0.3 is 5.97 Å². The number of rotatable bonds is 8. The summed E-state index contributed by atoms with van der Waals surface area (Å²) < 4.78 is 27.7. The van der Waals surface area contributed by atoms with Gasteiger partial charge in [0.15, 0.2) is 23.0 Å². The molecular formula is C28H28O6. The lowest BCUT2D eigenvalue weighted by Crippen LogP contribution is -2.39. The topological polar surface area (TPSA) is 63.2 Å². The minimum absolute atomic E-state index is 0.0104. The maximum atomic E-state index is 13.4. The first-order valence-electron chi connectivity index (χ1n) is 11.4. The zero-order valence-electron chi connectivity index (χ0n) is 19.4. The van der Waals surface area contributed by atoms with Gasteiger partial charge in [-0.3, -0.25) is 4.79 Å². The summed E-state index contributed by atoms with van der Waals surface area (Å²) in [6.07, 6.45) is 1.83. The maximum Gasteiger partial charge on any atom is 0.313 e. The Bertz CT molecular complexity index is 1170. The van der Waals surface area contributed by atoms with Crippen molar-refractivity contribution in [2.24, 2.45) is 11.3 Å². The second-order valence-corrected chi connectivity index (χ2v) is 8.87. The molecule has 0 spiro atoms. The van der Waals surface area contributed by atoms with Crippen molar-refractivity contribution in [2.45, 2.75) is 19.3 Å². The molecule has 1 fully saturated rings. The molecule has 0 aromatic heterocycles. The van der Waals surface area contributed by atoms with Crippen LogP contribution in [-0.4, -0.2) is 33.6 Å². The highest BCUT2D eigenvalue weighted by molar-refractivity contribution is 5.80. The Kier molecular flexibility index (Phi) is 6.05. The van der Waals surface area contributed by atoms with Crippen molar-refractivity contribution in [1.29, 1.82) is 0 Å². The molecule has 6 heteroatoms. The first-order valence-corrected chi connectivity index (χ1v) is 11.4. The van der Waals surface area contributed by atoms with E-state index in [2.05, 4.69) is 12.1 Å². The largest absolute Gasteiger partial charge is 0.493 e. The molecular weight excluding hydrogens is 432 g/mol. The molecule has 34 heavy (non-hydrogen) atoms. The average Bonchev–Trinajstić information content (AvgIpc) is 3.44. The van der Waals surface area contributed by atoms with Crippen LogP contribution < -0.4 is 18.9 Å². The van der Waals surface area contributed by atoms with Crippen molar-refractivity contribution >= 4 is 5.97 Å². The smallest absolute Gasteiger partial charge is 0.313 e. The third-order valence-electron chi connectivity index (χ3n) is 6.85. The molecule has 2 aliphatic heterocycles. The summed E-state index contributed by atoms with van der Waals surface area (Å²) in [7, 11) is 3.25. The molecule has 3 aromatic carbocycles. The van der Waals surface area contributed by atoms with E-state index in [1.807, 2.05) is 54.6 Å². The summed E-state index contributed by atoms with van der Waals surface area (Å²) in [5.41, 5.74) is 2.50. The van der Waals surface area contributed by atoms with Gasteiger partial charge in [-0.2, -0.15) is 0 Å². The first kappa shape index (κ1) is 22.1. The Morgan fingerprint density at radius 1 is 0.794 bits per heavy atom. The molecule has 0 saturated carbocycles. The predicted molar refractivity (Wildman–Crippen MR) is 127 cm³/mol. The maximum absolute atomic E-state index is 13.4. The molecule has 1 saturated heterocycles. The van der Waals surface area contributed by atoms with Crippen LogP contribution in [0.25, 0.3) is 0 Å². The number of fused-ring (bicyclic) bond motifs is 1. The van der Waals surface area contributed by atoms with E-state index in [0.717, 1.165) is 28.2 Å². The second kappa shape index (κ2) is 9.29. The highest BCUT2D eigenvalue weighted by Gasteiger charge is 2.52. The van der Waals surface area contributed by atoms with Gasteiger partial charge in [0.05, 0.1) is 26.2 Å². The Labute approximate surface area is 199 Å². The molecule has 0 aliphatic carbocycles. The second-order valence-electron chi connectivity index (χ2n) is 8.87. The lowest BCUT2D eigenvalue weighted by atomic mass is 9.67. The number of ether oxygens (including phenoxy) is 5. The fourth-order valence-electron chi connectivity index (χ4n) is 5.06. The SMILES string of the molecule is COc1ccc(C[C@H]2COC(=O)[C@]2(Cc2ccccc2)Cc2ccc3c(c2)OCO3)cc1OC. The molecule has 176 valence electrons. The standard InChI is InChI=1S/C28H28O6/c1-30-23-10-8-20(13-25(23)31-2)12-22-17-32-27(29)28(22,15-19-6-4-3-5-7-19)16-21-9-11-24-26(14-21)34-18-33-24/h3-11,13-14,22H,12,15-18H2,1-2H3/t22-,28+/m0/s1. The molecule has 0 unspecified atom stereocenters. The van der Waals surface area contributed by atoms with E-state index < -0.39 is 5.41 Å². The number of carbonyl (C=O) groups excluding carboxylic acids is 1. The number of cyclic esters (lactones) is 1. The van der Waals surface area contributed by atoms with Crippen molar-refractivity contribution < 1.29 is 28.5 Å². The minimum atomic E-state index is -0.706. The van der Waals surface area contributed by atoms with E-state index in [1.165, 1.54) is 0 Å². The van der Waals surface area contributed by atoms with Crippen molar-refractivity contribution in [1.82, 2.24) is 0 Å². The number of hydrogen-bond donors (Lipinski definition) is 0. The van der Waals surface area contributed by atoms with Crippen LogP contribution >= 0.6 is 0 Å². The normalized spacial score (nSPS) is 20.8. The van der Waals surface area contributed by atoms with Crippen LogP contribution in [0.4, 0.5) is 0 Å². The minimum Gasteiger partial charge on any atom is -0.493 e. The van der Waals surface area contributed by atoms with Gasteiger partial charge in [0.25, 0.3) is 0 Å². The van der Waals surface area contributed by atoms with Gasteiger partial charge in [0.1, 0.15) is 0 Å². The lowest BCUT2D eigenvalue weighted by Gasteiger charge is -2.32. The third kappa shape index (κ3) is 4.16. The van der Waals surface area contributed by atoms with Gasteiger partial charge in [0.2, 0.25) is 6.79 Å². The van der Waals surface area contributed by atoms with Gasteiger partial charge in [-0.05, 0) is 60.2 Å². The number of methoxy groups -OCH3 is 2. The van der Waals surface area contributed by atoms with E-state index in [4.69, 9.17) is 23.7 Å². The highest BCUT2D eigenvalue weighted by Crippen LogP contribution is 2.45. The van der Waals surface area contributed by atoms with Gasteiger partial charge in [-0.25, -0.2) is 0 Å². The van der Waals surface area contributed by atoms with E-state index in [0.29, 0.717) is 37.4 Å². The molecule has 0 radical (unpaired) electrons. The van der Waals surface area contributed by atoms with E-state index in [-0.39, 0.29) is 18.7 Å². The average molecular weight is 461 g/mol. The molecule has 2 atom stereocenters. The summed E-state index contributed by atoms with van der Waals surface area (Å²) in [6.45, 7) is 0.600. The Balaban J connectivity index is 1.50. The monoisotopic (exact) mass is 460 g/mol. The van der Waals surface area contributed by atoms with Gasteiger partial charge in [-0.1, -0.05) is 42.5 Å². The van der Waals surface area contributed by atoms with Crippen molar-refractivity contribution in [3.63, 3.8) is 0 Å². The molecule has 5 rings (SSSR count). The molecule has 6 nitrogen and oxygen atoms in total.